The number of para-hydroxylation sites is 1. The van der Waals surface area contributed by atoms with Gasteiger partial charge < -0.3 is 4.90 Å². The zero-order valence-electron chi connectivity index (χ0n) is 12.4. The number of benzene rings is 1. The predicted octanol–water partition coefficient (Wildman–Crippen LogP) is 1.84. The molecule has 1 aromatic heterocycles. The van der Waals surface area contributed by atoms with Gasteiger partial charge in [-0.15, -0.1) is 5.10 Å². The number of ketones is 1. The molecular weight excluding hydrogens is 268 g/mol. The Morgan fingerprint density at radius 3 is 2.43 bits per heavy atom. The standard InChI is InChI=1S/C15H18N4O2/c1-4-18(13-8-6-5-7-9-13)14(21)10-19-11(2)15(12(3)20)16-17-19/h5-9H,4,10H2,1-3H3. The molecule has 2 rings (SSSR count). The van der Waals surface area contributed by atoms with Crippen molar-refractivity contribution >= 4 is 17.4 Å². The van der Waals surface area contributed by atoms with Crippen LogP contribution in [0, 0.1) is 6.92 Å². The largest absolute Gasteiger partial charge is 0.311 e. The van der Waals surface area contributed by atoms with E-state index in [0.717, 1.165) is 5.69 Å². The highest BCUT2D eigenvalue weighted by molar-refractivity contribution is 5.94. The number of hydrogen-bond donors (Lipinski definition) is 0. The van der Waals surface area contributed by atoms with Gasteiger partial charge in [0, 0.05) is 19.2 Å². The predicted molar refractivity (Wildman–Crippen MR) is 79.2 cm³/mol. The minimum atomic E-state index is -0.151. The number of hydrogen-bond acceptors (Lipinski definition) is 4. The van der Waals surface area contributed by atoms with E-state index in [1.165, 1.54) is 11.6 Å². The van der Waals surface area contributed by atoms with Crippen LogP contribution in [0.4, 0.5) is 5.69 Å². The monoisotopic (exact) mass is 286 g/mol. The molecule has 0 bridgehead atoms. The molecule has 110 valence electrons. The molecule has 0 radical (unpaired) electrons. The lowest BCUT2D eigenvalue weighted by atomic mass is 10.2. The number of aromatic nitrogens is 3. The second kappa shape index (κ2) is 6.30. The third kappa shape index (κ3) is 3.16. The number of rotatable bonds is 5. The van der Waals surface area contributed by atoms with Gasteiger partial charge in [-0.05, 0) is 26.0 Å². The molecule has 0 saturated heterocycles. The molecule has 0 spiro atoms. The van der Waals surface area contributed by atoms with Crippen molar-refractivity contribution in [1.82, 2.24) is 15.0 Å². The molecule has 0 aliphatic carbocycles. The van der Waals surface area contributed by atoms with Crippen LogP contribution in [-0.2, 0) is 11.3 Å². The van der Waals surface area contributed by atoms with Gasteiger partial charge in [-0.3, -0.25) is 9.59 Å². The molecule has 0 fully saturated rings. The zero-order chi connectivity index (χ0) is 15.4. The van der Waals surface area contributed by atoms with Crippen LogP contribution < -0.4 is 4.90 Å². The molecule has 0 atom stereocenters. The molecule has 0 aliphatic heterocycles. The summed E-state index contributed by atoms with van der Waals surface area (Å²) in [7, 11) is 0. The first-order valence-electron chi connectivity index (χ1n) is 6.81. The molecule has 6 heteroatoms. The normalized spacial score (nSPS) is 10.4. The minimum Gasteiger partial charge on any atom is -0.311 e. The first kappa shape index (κ1) is 14.9. The van der Waals surface area contributed by atoms with Crippen molar-refractivity contribution in [2.45, 2.75) is 27.3 Å². The number of Topliss-reactive ketones (excluding diaryl/α,β-unsaturated/α-hetero) is 1. The Hall–Kier alpha value is -2.50. The van der Waals surface area contributed by atoms with E-state index in [1.807, 2.05) is 37.3 Å². The van der Waals surface area contributed by atoms with E-state index in [0.29, 0.717) is 17.9 Å². The van der Waals surface area contributed by atoms with Gasteiger partial charge in [0.05, 0.1) is 5.69 Å². The lowest BCUT2D eigenvalue weighted by Gasteiger charge is -2.21. The van der Waals surface area contributed by atoms with E-state index in [9.17, 15) is 9.59 Å². The SMILES string of the molecule is CCN(C(=O)Cn1nnc(C(C)=O)c1C)c1ccccc1. The molecule has 0 N–H and O–H groups in total. The maximum absolute atomic E-state index is 12.4. The summed E-state index contributed by atoms with van der Waals surface area (Å²) in [4.78, 5) is 25.5. The van der Waals surface area contributed by atoms with Gasteiger partial charge in [-0.25, -0.2) is 4.68 Å². The van der Waals surface area contributed by atoms with Gasteiger partial charge in [0.2, 0.25) is 5.91 Å². The van der Waals surface area contributed by atoms with Gasteiger partial charge in [-0.2, -0.15) is 0 Å². The van der Waals surface area contributed by atoms with Crippen molar-refractivity contribution in [3.8, 4) is 0 Å². The van der Waals surface area contributed by atoms with Crippen LogP contribution in [0.15, 0.2) is 30.3 Å². The zero-order valence-corrected chi connectivity index (χ0v) is 12.4. The van der Waals surface area contributed by atoms with E-state index in [1.54, 1.807) is 11.8 Å². The van der Waals surface area contributed by atoms with Crippen molar-refractivity contribution in [1.29, 1.82) is 0 Å². The van der Waals surface area contributed by atoms with E-state index in [-0.39, 0.29) is 18.2 Å². The highest BCUT2D eigenvalue weighted by Crippen LogP contribution is 2.14. The van der Waals surface area contributed by atoms with Crippen LogP contribution >= 0.6 is 0 Å². The first-order chi connectivity index (χ1) is 10.0. The molecule has 0 aliphatic rings. The van der Waals surface area contributed by atoms with Gasteiger partial charge in [0.25, 0.3) is 0 Å². The van der Waals surface area contributed by atoms with Crippen LogP contribution in [0.1, 0.15) is 30.0 Å². The Kier molecular flexibility index (Phi) is 4.47. The minimum absolute atomic E-state index is 0.0643. The summed E-state index contributed by atoms with van der Waals surface area (Å²) in [6, 6.07) is 9.45. The van der Waals surface area contributed by atoms with E-state index >= 15 is 0 Å². The lowest BCUT2D eigenvalue weighted by Crippen LogP contribution is -2.34. The lowest BCUT2D eigenvalue weighted by molar-refractivity contribution is -0.119. The number of carbonyl (C=O) groups excluding carboxylic acids is 2. The van der Waals surface area contributed by atoms with Gasteiger partial charge in [0.1, 0.15) is 6.54 Å². The van der Waals surface area contributed by atoms with Crippen LogP contribution in [0.3, 0.4) is 0 Å². The molecule has 2 aromatic rings. The third-order valence-electron chi connectivity index (χ3n) is 3.29. The smallest absolute Gasteiger partial charge is 0.248 e. The fourth-order valence-electron chi connectivity index (χ4n) is 2.16. The highest BCUT2D eigenvalue weighted by atomic mass is 16.2. The highest BCUT2D eigenvalue weighted by Gasteiger charge is 2.18. The summed E-state index contributed by atoms with van der Waals surface area (Å²) in [5.74, 6) is -0.242. The first-order valence-corrected chi connectivity index (χ1v) is 6.81. The van der Waals surface area contributed by atoms with Crippen LogP contribution in [0.25, 0.3) is 0 Å². The van der Waals surface area contributed by atoms with Crippen molar-refractivity contribution in [3.63, 3.8) is 0 Å². The molecule has 21 heavy (non-hydrogen) atoms. The fraction of sp³-hybridized carbons (Fsp3) is 0.333. The molecule has 1 heterocycles. The number of nitrogens with zero attached hydrogens (tertiary/aromatic N) is 4. The maximum Gasteiger partial charge on any atom is 0.248 e. The molecule has 1 amide bonds. The number of anilines is 1. The van der Waals surface area contributed by atoms with Crippen molar-refractivity contribution in [2.24, 2.45) is 0 Å². The second-order valence-corrected chi connectivity index (χ2v) is 4.71. The van der Waals surface area contributed by atoms with Crippen molar-refractivity contribution in [3.05, 3.63) is 41.7 Å². The van der Waals surface area contributed by atoms with Crippen LogP contribution in [-0.4, -0.2) is 33.2 Å². The summed E-state index contributed by atoms with van der Waals surface area (Å²) < 4.78 is 1.46. The van der Waals surface area contributed by atoms with Crippen molar-refractivity contribution in [2.75, 3.05) is 11.4 Å². The fourth-order valence-corrected chi connectivity index (χ4v) is 2.16. The third-order valence-corrected chi connectivity index (χ3v) is 3.29. The second-order valence-electron chi connectivity index (χ2n) is 4.71. The summed E-state index contributed by atoms with van der Waals surface area (Å²) in [5, 5.41) is 7.70. The Morgan fingerprint density at radius 2 is 1.90 bits per heavy atom. The van der Waals surface area contributed by atoms with E-state index in [2.05, 4.69) is 10.3 Å². The Morgan fingerprint density at radius 1 is 1.24 bits per heavy atom. The Balaban J connectivity index is 2.19. The van der Waals surface area contributed by atoms with Crippen LogP contribution in [0.2, 0.25) is 0 Å². The van der Waals surface area contributed by atoms with Gasteiger partial charge in [0.15, 0.2) is 11.5 Å². The summed E-state index contributed by atoms with van der Waals surface area (Å²) in [6.07, 6.45) is 0. The molecule has 6 nitrogen and oxygen atoms in total. The van der Waals surface area contributed by atoms with Gasteiger partial charge >= 0.3 is 0 Å². The quantitative estimate of drug-likeness (QED) is 0.787. The average molecular weight is 286 g/mol. The number of carbonyl (C=O) groups is 2. The van der Waals surface area contributed by atoms with E-state index in [4.69, 9.17) is 0 Å². The summed E-state index contributed by atoms with van der Waals surface area (Å²) >= 11 is 0. The average Bonchev–Trinajstić information content (AvgIpc) is 2.82. The Bertz CT molecular complexity index is 649. The topological polar surface area (TPSA) is 68.1 Å². The number of likely N-dealkylation sites (N-methyl/N-ethyl adjacent to an activating group) is 1. The number of amides is 1. The maximum atomic E-state index is 12.4. The van der Waals surface area contributed by atoms with E-state index < -0.39 is 0 Å². The molecule has 0 saturated carbocycles. The molecular formula is C15H18N4O2. The molecule has 0 unspecified atom stereocenters. The van der Waals surface area contributed by atoms with Crippen molar-refractivity contribution < 1.29 is 9.59 Å². The van der Waals surface area contributed by atoms with Crippen LogP contribution in [0.5, 0.6) is 0 Å². The Labute approximate surface area is 123 Å². The van der Waals surface area contributed by atoms with Gasteiger partial charge in [-0.1, -0.05) is 23.4 Å². The molecule has 1 aromatic carbocycles. The summed E-state index contributed by atoms with van der Waals surface area (Å²) in [6.45, 7) is 5.72. The summed E-state index contributed by atoms with van der Waals surface area (Å²) in [5.41, 5.74) is 1.76.